The second-order valence-electron chi connectivity index (χ2n) is 7.57. The van der Waals surface area contributed by atoms with Gasteiger partial charge in [-0.1, -0.05) is 66.7 Å². The molecule has 0 spiro atoms. The monoisotopic (exact) mass is 390 g/mol. The molecule has 0 radical (unpaired) electrons. The molecule has 5 heteroatoms. The maximum Gasteiger partial charge on any atom is 0.239 e. The molecule has 0 fully saturated rings. The van der Waals surface area contributed by atoms with Crippen molar-refractivity contribution in [1.82, 2.24) is 10.6 Å². The zero-order valence-corrected chi connectivity index (χ0v) is 17.0. The summed E-state index contributed by atoms with van der Waals surface area (Å²) in [6, 6.07) is 22.1. The average Bonchev–Trinajstić information content (AvgIpc) is 2.71. The molecule has 0 aliphatic heterocycles. The average molecular weight is 391 g/mol. The number of nitrogens with one attached hydrogen (secondary N) is 3. The highest BCUT2D eigenvalue weighted by Crippen LogP contribution is 2.18. The first kappa shape index (κ1) is 20.6. The van der Waals surface area contributed by atoms with Gasteiger partial charge in [0.1, 0.15) is 6.54 Å². The lowest BCUT2D eigenvalue weighted by Gasteiger charge is -2.10. The van der Waals surface area contributed by atoms with E-state index in [0.29, 0.717) is 6.54 Å². The molecule has 0 atom stereocenters. The van der Waals surface area contributed by atoms with Gasteiger partial charge in [-0.25, -0.2) is 0 Å². The highest BCUT2D eigenvalue weighted by atomic mass is 16.2. The Hall–Kier alpha value is -3.18. The first-order valence-electron chi connectivity index (χ1n) is 9.88. The van der Waals surface area contributed by atoms with Gasteiger partial charge in [0.2, 0.25) is 11.8 Å². The first-order chi connectivity index (χ1) is 14.0. The fourth-order valence-electron chi connectivity index (χ4n) is 3.31. The Kier molecular flexibility index (Phi) is 6.98. The van der Waals surface area contributed by atoms with Crippen LogP contribution in [-0.2, 0) is 29.1 Å². The third-order valence-electron chi connectivity index (χ3n) is 4.75. The van der Waals surface area contributed by atoms with Gasteiger partial charge in [-0.2, -0.15) is 0 Å². The zero-order valence-electron chi connectivity index (χ0n) is 17.0. The largest absolute Gasteiger partial charge is 0.350 e. The van der Waals surface area contributed by atoms with Crippen molar-refractivity contribution in [3.63, 3.8) is 0 Å². The van der Waals surface area contributed by atoms with E-state index in [0.717, 1.165) is 28.4 Å². The van der Waals surface area contributed by atoms with Gasteiger partial charge < -0.3 is 15.5 Å². The van der Waals surface area contributed by atoms with Crippen LogP contribution in [0.1, 0.15) is 16.7 Å². The Bertz CT molecular complexity index is 976. The van der Waals surface area contributed by atoms with Crippen LogP contribution in [0.25, 0.3) is 10.8 Å². The van der Waals surface area contributed by atoms with Crippen molar-refractivity contribution in [3.05, 3.63) is 83.4 Å². The number of carbonyl (C=O) groups is 2. The summed E-state index contributed by atoms with van der Waals surface area (Å²) in [5.41, 5.74) is 3.26. The molecular formula is C24H28N3O2+. The molecule has 5 nitrogen and oxygen atoms in total. The number of quaternary nitrogens is 1. The Morgan fingerprint density at radius 3 is 2.24 bits per heavy atom. The van der Waals surface area contributed by atoms with Gasteiger partial charge in [0, 0.05) is 12.1 Å². The molecule has 3 aromatic carbocycles. The van der Waals surface area contributed by atoms with Crippen LogP contribution >= 0.6 is 0 Å². The van der Waals surface area contributed by atoms with Gasteiger partial charge in [0.05, 0.1) is 27.1 Å². The minimum atomic E-state index is -0.196. The number of fused-ring (bicyclic) bond motifs is 1. The lowest BCUT2D eigenvalue weighted by atomic mass is 10.0. The second-order valence-corrected chi connectivity index (χ2v) is 7.57. The van der Waals surface area contributed by atoms with E-state index in [1.807, 2.05) is 54.6 Å². The van der Waals surface area contributed by atoms with Crippen LogP contribution in [-0.4, -0.2) is 32.5 Å². The lowest BCUT2D eigenvalue weighted by molar-refractivity contribution is -0.872. The van der Waals surface area contributed by atoms with E-state index in [4.69, 9.17) is 0 Å². The third-order valence-corrected chi connectivity index (χ3v) is 4.75. The van der Waals surface area contributed by atoms with E-state index in [2.05, 4.69) is 36.9 Å². The molecule has 0 aliphatic carbocycles. The summed E-state index contributed by atoms with van der Waals surface area (Å²) in [6.07, 6.45) is 0.254. The van der Waals surface area contributed by atoms with Crippen molar-refractivity contribution >= 4 is 22.6 Å². The van der Waals surface area contributed by atoms with Gasteiger partial charge in [-0.3, -0.25) is 9.59 Å². The van der Waals surface area contributed by atoms with Crippen LogP contribution in [0.4, 0.5) is 0 Å². The standard InChI is InChI=1S/C24H27N3O2/c1-27(2)17-19-12-10-18(11-13-19)15-25-24(29)16-26-23(28)14-21-8-5-7-20-6-3-4-9-22(20)21/h3-13H,14-17H2,1-2H3,(H,25,29)(H,26,28)/p+1. The van der Waals surface area contributed by atoms with Crippen LogP contribution in [0, 0.1) is 0 Å². The molecule has 0 aromatic heterocycles. The molecule has 0 aliphatic rings. The predicted octanol–water partition coefficient (Wildman–Crippen LogP) is 1.46. The van der Waals surface area contributed by atoms with Crippen LogP contribution in [0.5, 0.6) is 0 Å². The minimum absolute atomic E-state index is 0.0222. The summed E-state index contributed by atoms with van der Waals surface area (Å²) in [5.74, 6) is -0.356. The van der Waals surface area contributed by atoms with Gasteiger partial charge in [0.25, 0.3) is 0 Å². The Balaban J connectivity index is 1.45. The molecule has 150 valence electrons. The zero-order chi connectivity index (χ0) is 20.6. The molecule has 0 unspecified atom stereocenters. The summed E-state index contributed by atoms with van der Waals surface area (Å²) >= 11 is 0. The number of hydrogen-bond donors (Lipinski definition) is 3. The third kappa shape index (κ3) is 6.16. The molecule has 0 saturated heterocycles. The van der Waals surface area contributed by atoms with Crippen LogP contribution < -0.4 is 15.5 Å². The summed E-state index contributed by atoms with van der Waals surface area (Å²) in [4.78, 5) is 25.7. The fourth-order valence-corrected chi connectivity index (χ4v) is 3.31. The SMILES string of the molecule is C[NH+](C)Cc1ccc(CNC(=O)CNC(=O)Cc2cccc3ccccc23)cc1. The Morgan fingerprint density at radius 1 is 0.793 bits per heavy atom. The Labute approximate surface area is 171 Å². The maximum atomic E-state index is 12.3. The molecule has 0 saturated carbocycles. The number of benzene rings is 3. The van der Waals surface area contributed by atoms with Crippen molar-refractivity contribution in [1.29, 1.82) is 0 Å². The summed E-state index contributed by atoms with van der Waals surface area (Å²) in [6.45, 7) is 1.40. The van der Waals surface area contributed by atoms with E-state index in [-0.39, 0.29) is 24.8 Å². The van der Waals surface area contributed by atoms with E-state index >= 15 is 0 Å². The topological polar surface area (TPSA) is 62.6 Å². The van der Waals surface area contributed by atoms with Crippen molar-refractivity contribution < 1.29 is 14.5 Å². The Morgan fingerprint density at radius 2 is 1.48 bits per heavy atom. The molecule has 2 amide bonds. The second kappa shape index (κ2) is 9.85. The molecule has 29 heavy (non-hydrogen) atoms. The van der Waals surface area contributed by atoms with Crippen LogP contribution in [0.15, 0.2) is 66.7 Å². The highest BCUT2D eigenvalue weighted by Gasteiger charge is 2.09. The first-order valence-corrected chi connectivity index (χ1v) is 9.88. The molecule has 0 heterocycles. The minimum Gasteiger partial charge on any atom is -0.350 e. The maximum absolute atomic E-state index is 12.3. The normalized spacial score (nSPS) is 10.9. The van der Waals surface area contributed by atoms with Crippen molar-refractivity contribution in [2.24, 2.45) is 0 Å². The number of rotatable bonds is 8. The van der Waals surface area contributed by atoms with Crippen molar-refractivity contribution in [2.45, 2.75) is 19.5 Å². The molecule has 0 bridgehead atoms. The summed E-state index contributed by atoms with van der Waals surface area (Å²) in [5, 5.41) is 7.73. The fraction of sp³-hybridized carbons (Fsp3) is 0.250. The van der Waals surface area contributed by atoms with Gasteiger partial charge >= 0.3 is 0 Å². The van der Waals surface area contributed by atoms with Crippen LogP contribution in [0.2, 0.25) is 0 Å². The molecular weight excluding hydrogens is 362 g/mol. The van der Waals surface area contributed by atoms with Gasteiger partial charge in [-0.05, 0) is 21.9 Å². The smallest absolute Gasteiger partial charge is 0.239 e. The number of amides is 2. The predicted molar refractivity (Wildman–Crippen MR) is 115 cm³/mol. The van der Waals surface area contributed by atoms with E-state index in [1.54, 1.807) is 0 Å². The quantitative estimate of drug-likeness (QED) is 0.545. The van der Waals surface area contributed by atoms with Gasteiger partial charge in [-0.15, -0.1) is 0 Å². The highest BCUT2D eigenvalue weighted by molar-refractivity contribution is 5.91. The number of carbonyl (C=O) groups excluding carboxylic acids is 2. The number of hydrogen-bond acceptors (Lipinski definition) is 2. The van der Waals surface area contributed by atoms with E-state index < -0.39 is 0 Å². The molecule has 3 aromatic rings. The van der Waals surface area contributed by atoms with E-state index in [1.165, 1.54) is 10.5 Å². The van der Waals surface area contributed by atoms with Crippen LogP contribution in [0.3, 0.4) is 0 Å². The van der Waals surface area contributed by atoms with E-state index in [9.17, 15) is 9.59 Å². The van der Waals surface area contributed by atoms with Gasteiger partial charge in [0.15, 0.2) is 0 Å². The van der Waals surface area contributed by atoms with Crippen molar-refractivity contribution in [3.8, 4) is 0 Å². The summed E-state index contributed by atoms with van der Waals surface area (Å²) in [7, 11) is 4.23. The van der Waals surface area contributed by atoms with Crippen molar-refractivity contribution in [2.75, 3.05) is 20.6 Å². The summed E-state index contributed by atoms with van der Waals surface area (Å²) < 4.78 is 0. The molecule has 3 N–H and O–H groups in total. The molecule has 3 rings (SSSR count). The lowest BCUT2D eigenvalue weighted by Crippen LogP contribution is -3.04.